The molecule has 3 rings (SSSR count). The van der Waals surface area contributed by atoms with Crippen LogP contribution in [-0.2, 0) is 19.6 Å². The molecule has 0 unspecified atom stereocenters. The number of para-hydroxylation sites is 1. The van der Waals surface area contributed by atoms with Crippen LogP contribution in [0, 0.1) is 3.57 Å². The lowest BCUT2D eigenvalue weighted by atomic mass is 10.1. The number of rotatable bonds is 8. The van der Waals surface area contributed by atoms with Crippen LogP contribution in [0.4, 0.5) is 5.69 Å². The van der Waals surface area contributed by atoms with Crippen molar-refractivity contribution < 1.29 is 9.47 Å². The van der Waals surface area contributed by atoms with Crippen LogP contribution in [0.3, 0.4) is 0 Å². The van der Waals surface area contributed by atoms with Crippen LogP contribution in [0.2, 0.25) is 0 Å². The fourth-order valence-corrected chi connectivity index (χ4v) is 4.04. The molecule has 0 heterocycles. The van der Waals surface area contributed by atoms with Gasteiger partial charge < -0.3 is 14.8 Å². The zero-order valence-electron chi connectivity index (χ0n) is 16.0. The smallest absolute Gasteiger partial charge is 0.174 e. The first-order valence-corrected chi connectivity index (χ1v) is 11.0. The monoisotopic (exact) mass is 551 g/mol. The van der Waals surface area contributed by atoms with Crippen molar-refractivity contribution in [2.24, 2.45) is 0 Å². The quantitative estimate of drug-likeness (QED) is 0.312. The topological polar surface area (TPSA) is 30.5 Å². The van der Waals surface area contributed by atoms with Gasteiger partial charge in [0.05, 0.1) is 10.7 Å². The Bertz CT molecular complexity index is 928. The van der Waals surface area contributed by atoms with E-state index in [4.69, 9.17) is 9.47 Å². The molecule has 0 atom stereocenters. The Balaban J connectivity index is 1.72. The maximum Gasteiger partial charge on any atom is 0.174 e. The fourth-order valence-electron chi connectivity index (χ4n) is 2.95. The Hall–Kier alpha value is -1.73. The van der Waals surface area contributed by atoms with Gasteiger partial charge >= 0.3 is 0 Å². The SMILES string of the molecule is CCc1ccccc1NCc1cc(I)c(OCc2ccc(Br)cc2)c(OC)c1. The third-order valence-electron chi connectivity index (χ3n) is 4.47. The van der Waals surface area contributed by atoms with Crippen LogP contribution in [0.5, 0.6) is 11.5 Å². The van der Waals surface area contributed by atoms with E-state index in [1.807, 2.05) is 30.3 Å². The Labute approximate surface area is 188 Å². The molecule has 5 heteroatoms. The van der Waals surface area contributed by atoms with Crippen LogP contribution >= 0.6 is 38.5 Å². The molecule has 0 aromatic heterocycles. The molecule has 0 aliphatic heterocycles. The number of halogens is 2. The van der Waals surface area contributed by atoms with Gasteiger partial charge in [-0.1, -0.05) is 53.2 Å². The van der Waals surface area contributed by atoms with Gasteiger partial charge in [0.15, 0.2) is 11.5 Å². The van der Waals surface area contributed by atoms with Crippen molar-refractivity contribution in [1.29, 1.82) is 0 Å². The van der Waals surface area contributed by atoms with Crippen molar-refractivity contribution in [3.63, 3.8) is 0 Å². The average Bonchev–Trinajstić information content (AvgIpc) is 2.72. The molecular formula is C23H23BrINO2. The molecule has 146 valence electrons. The highest BCUT2D eigenvalue weighted by Crippen LogP contribution is 2.35. The van der Waals surface area contributed by atoms with Crippen LogP contribution < -0.4 is 14.8 Å². The summed E-state index contributed by atoms with van der Waals surface area (Å²) < 4.78 is 13.8. The van der Waals surface area contributed by atoms with E-state index in [0.29, 0.717) is 6.61 Å². The second kappa shape index (κ2) is 10.2. The Kier molecular flexibility index (Phi) is 7.62. The molecule has 0 amide bonds. The van der Waals surface area contributed by atoms with E-state index in [0.717, 1.165) is 43.6 Å². The van der Waals surface area contributed by atoms with Gasteiger partial charge in [0.25, 0.3) is 0 Å². The number of benzene rings is 3. The molecular weight excluding hydrogens is 529 g/mol. The Morgan fingerprint density at radius 1 is 1.00 bits per heavy atom. The molecule has 0 saturated heterocycles. The lowest BCUT2D eigenvalue weighted by molar-refractivity contribution is 0.282. The first kappa shape index (κ1) is 21.0. The summed E-state index contributed by atoms with van der Waals surface area (Å²) in [5.74, 6) is 1.54. The maximum atomic E-state index is 6.07. The number of methoxy groups -OCH3 is 1. The van der Waals surface area contributed by atoms with E-state index < -0.39 is 0 Å². The van der Waals surface area contributed by atoms with E-state index in [1.165, 1.54) is 11.3 Å². The van der Waals surface area contributed by atoms with Crippen LogP contribution in [0.1, 0.15) is 23.6 Å². The summed E-state index contributed by atoms with van der Waals surface area (Å²) in [5, 5.41) is 3.54. The molecule has 0 saturated carbocycles. The van der Waals surface area contributed by atoms with E-state index in [2.05, 4.69) is 81.1 Å². The van der Waals surface area contributed by atoms with Gasteiger partial charge in [-0.05, 0) is 76.0 Å². The molecule has 0 spiro atoms. The highest BCUT2D eigenvalue weighted by Gasteiger charge is 2.12. The van der Waals surface area contributed by atoms with Gasteiger partial charge in [-0.15, -0.1) is 0 Å². The van der Waals surface area contributed by atoms with E-state index in [1.54, 1.807) is 7.11 Å². The summed E-state index contributed by atoms with van der Waals surface area (Å²) in [5.41, 5.74) is 4.76. The zero-order chi connectivity index (χ0) is 19.9. The van der Waals surface area contributed by atoms with Crippen molar-refractivity contribution in [2.45, 2.75) is 26.5 Å². The summed E-state index contributed by atoms with van der Waals surface area (Å²) in [4.78, 5) is 0. The predicted molar refractivity (Wildman–Crippen MR) is 127 cm³/mol. The Morgan fingerprint density at radius 2 is 1.75 bits per heavy atom. The highest BCUT2D eigenvalue weighted by atomic mass is 127. The molecule has 3 aromatic carbocycles. The van der Waals surface area contributed by atoms with Crippen LogP contribution in [0.25, 0.3) is 0 Å². The lowest BCUT2D eigenvalue weighted by Crippen LogP contribution is -2.05. The molecule has 0 bridgehead atoms. The van der Waals surface area contributed by atoms with E-state index in [9.17, 15) is 0 Å². The minimum absolute atomic E-state index is 0.501. The molecule has 0 aliphatic carbocycles. The van der Waals surface area contributed by atoms with Gasteiger partial charge in [-0.2, -0.15) is 0 Å². The Morgan fingerprint density at radius 3 is 2.46 bits per heavy atom. The third-order valence-corrected chi connectivity index (χ3v) is 5.80. The summed E-state index contributed by atoms with van der Waals surface area (Å²) in [6, 6.07) is 20.7. The van der Waals surface area contributed by atoms with Gasteiger partial charge in [0.2, 0.25) is 0 Å². The molecule has 28 heavy (non-hydrogen) atoms. The van der Waals surface area contributed by atoms with E-state index >= 15 is 0 Å². The largest absolute Gasteiger partial charge is 0.493 e. The second-order valence-electron chi connectivity index (χ2n) is 6.39. The van der Waals surface area contributed by atoms with Crippen molar-refractivity contribution in [3.8, 4) is 11.5 Å². The third kappa shape index (κ3) is 5.41. The number of nitrogens with one attached hydrogen (secondary N) is 1. The average molecular weight is 552 g/mol. The summed E-state index contributed by atoms with van der Waals surface area (Å²) in [6.45, 7) is 3.40. The molecule has 3 nitrogen and oxygen atoms in total. The van der Waals surface area contributed by atoms with Crippen molar-refractivity contribution >= 4 is 44.2 Å². The standard InChI is InChI=1S/C23H23BrINO2/c1-3-18-6-4-5-7-21(18)26-14-17-12-20(25)23(22(13-17)27-2)28-15-16-8-10-19(24)11-9-16/h4-13,26H,3,14-15H2,1-2H3. The highest BCUT2D eigenvalue weighted by molar-refractivity contribution is 14.1. The second-order valence-corrected chi connectivity index (χ2v) is 8.47. The molecule has 0 fully saturated rings. The van der Waals surface area contributed by atoms with Crippen LogP contribution in [-0.4, -0.2) is 7.11 Å². The van der Waals surface area contributed by atoms with Gasteiger partial charge in [-0.25, -0.2) is 0 Å². The van der Waals surface area contributed by atoms with Crippen molar-refractivity contribution in [2.75, 3.05) is 12.4 Å². The minimum Gasteiger partial charge on any atom is -0.493 e. The molecule has 3 aromatic rings. The predicted octanol–water partition coefficient (Wildman–Crippen LogP) is 6.82. The number of anilines is 1. The fraction of sp³-hybridized carbons (Fsp3) is 0.217. The maximum absolute atomic E-state index is 6.07. The minimum atomic E-state index is 0.501. The lowest BCUT2D eigenvalue weighted by Gasteiger charge is -2.16. The first-order valence-electron chi connectivity index (χ1n) is 9.16. The number of aryl methyl sites for hydroxylation is 1. The van der Waals surface area contributed by atoms with Gasteiger partial charge in [-0.3, -0.25) is 0 Å². The van der Waals surface area contributed by atoms with Crippen molar-refractivity contribution in [1.82, 2.24) is 0 Å². The number of ether oxygens (including phenoxy) is 2. The zero-order valence-corrected chi connectivity index (χ0v) is 19.7. The van der Waals surface area contributed by atoms with E-state index in [-0.39, 0.29) is 0 Å². The summed E-state index contributed by atoms with van der Waals surface area (Å²) >= 11 is 5.77. The normalized spacial score (nSPS) is 10.6. The number of hydrogen-bond donors (Lipinski definition) is 1. The van der Waals surface area contributed by atoms with Crippen molar-refractivity contribution in [3.05, 3.63) is 85.4 Å². The van der Waals surface area contributed by atoms with Crippen LogP contribution in [0.15, 0.2) is 65.1 Å². The molecule has 1 N–H and O–H groups in total. The van der Waals surface area contributed by atoms with Gasteiger partial charge in [0.1, 0.15) is 6.61 Å². The number of hydrogen-bond acceptors (Lipinski definition) is 3. The summed E-state index contributed by atoms with van der Waals surface area (Å²) in [7, 11) is 1.68. The first-order chi connectivity index (χ1) is 13.6. The molecule has 0 aliphatic rings. The summed E-state index contributed by atoms with van der Waals surface area (Å²) in [6.07, 6.45) is 1.01. The molecule has 0 radical (unpaired) electrons. The van der Waals surface area contributed by atoms with Gasteiger partial charge in [0, 0.05) is 16.7 Å².